The number of rotatable bonds is 3. The van der Waals surface area contributed by atoms with E-state index in [4.69, 9.17) is 4.74 Å². The summed E-state index contributed by atoms with van der Waals surface area (Å²) in [5.41, 5.74) is 0.595. The third kappa shape index (κ3) is 3.37. The third-order valence-corrected chi connectivity index (χ3v) is 2.36. The zero-order valence-corrected chi connectivity index (χ0v) is 9.94. The molecule has 19 heavy (non-hydrogen) atoms. The van der Waals surface area contributed by atoms with Gasteiger partial charge in [0.25, 0.3) is 0 Å². The highest BCUT2D eigenvalue weighted by Gasteiger charge is 2.32. The summed E-state index contributed by atoms with van der Waals surface area (Å²) in [5, 5.41) is 0. The Morgan fingerprint density at radius 3 is 2.53 bits per heavy atom. The van der Waals surface area contributed by atoms with Gasteiger partial charge in [0, 0.05) is 17.8 Å². The van der Waals surface area contributed by atoms with E-state index in [0.717, 1.165) is 0 Å². The summed E-state index contributed by atoms with van der Waals surface area (Å²) in [7, 11) is 1.47. The van der Waals surface area contributed by atoms with Crippen molar-refractivity contribution < 1.29 is 22.6 Å². The fraction of sp³-hybridized carbons (Fsp3) is 0.154. The topological polar surface area (TPSA) is 31.4 Å². The highest BCUT2D eigenvalue weighted by atomic mass is 19.4. The standard InChI is InChI=1S/C13H10F3NO2/c1-18-9-6-7-17-11(8-9)10-4-2-3-5-12(10)19-13(14,15)16/h2-8H,1H3. The smallest absolute Gasteiger partial charge is 0.497 e. The maximum Gasteiger partial charge on any atom is 0.573 e. The quantitative estimate of drug-likeness (QED) is 0.852. The van der Waals surface area contributed by atoms with E-state index < -0.39 is 6.36 Å². The van der Waals surface area contributed by atoms with E-state index in [1.807, 2.05) is 0 Å². The lowest BCUT2D eigenvalue weighted by Crippen LogP contribution is -2.17. The molecule has 0 radical (unpaired) electrons. The molecular weight excluding hydrogens is 259 g/mol. The number of aromatic nitrogens is 1. The molecule has 0 saturated carbocycles. The Hall–Kier alpha value is -2.24. The molecule has 0 saturated heterocycles. The number of benzene rings is 1. The minimum Gasteiger partial charge on any atom is -0.497 e. The summed E-state index contributed by atoms with van der Waals surface area (Å²) in [6.45, 7) is 0. The Morgan fingerprint density at radius 2 is 1.84 bits per heavy atom. The van der Waals surface area contributed by atoms with Crippen LogP contribution in [0.25, 0.3) is 11.3 Å². The average molecular weight is 269 g/mol. The second-order valence-corrected chi connectivity index (χ2v) is 3.62. The predicted octanol–water partition coefficient (Wildman–Crippen LogP) is 3.66. The summed E-state index contributed by atoms with van der Waals surface area (Å²) in [6.07, 6.45) is -3.28. The fourth-order valence-corrected chi connectivity index (χ4v) is 1.58. The average Bonchev–Trinajstić information content (AvgIpc) is 2.37. The molecule has 0 aliphatic carbocycles. The first-order chi connectivity index (χ1) is 8.99. The molecule has 3 nitrogen and oxygen atoms in total. The van der Waals surface area contributed by atoms with Gasteiger partial charge in [0.2, 0.25) is 0 Å². The Balaban J connectivity index is 2.44. The molecule has 0 N–H and O–H groups in total. The van der Waals surface area contributed by atoms with Crippen LogP contribution in [-0.4, -0.2) is 18.5 Å². The van der Waals surface area contributed by atoms with Crippen LogP contribution in [0.1, 0.15) is 0 Å². The van der Waals surface area contributed by atoms with Crippen molar-refractivity contribution in [1.82, 2.24) is 4.98 Å². The van der Waals surface area contributed by atoms with E-state index >= 15 is 0 Å². The summed E-state index contributed by atoms with van der Waals surface area (Å²) >= 11 is 0. The number of nitrogens with zero attached hydrogens (tertiary/aromatic N) is 1. The minimum absolute atomic E-state index is 0.249. The van der Waals surface area contributed by atoms with Crippen molar-refractivity contribution in [2.24, 2.45) is 0 Å². The number of methoxy groups -OCH3 is 1. The van der Waals surface area contributed by atoms with E-state index in [9.17, 15) is 13.2 Å². The Morgan fingerprint density at radius 1 is 1.11 bits per heavy atom. The first-order valence-corrected chi connectivity index (χ1v) is 5.35. The lowest BCUT2D eigenvalue weighted by Gasteiger charge is -2.13. The van der Waals surface area contributed by atoms with E-state index in [2.05, 4.69) is 9.72 Å². The van der Waals surface area contributed by atoms with Crippen molar-refractivity contribution in [3.63, 3.8) is 0 Å². The second-order valence-electron chi connectivity index (χ2n) is 3.62. The van der Waals surface area contributed by atoms with E-state index in [1.54, 1.807) is 18.2 Å². The van der Waals surface area contributed by atoms with Gasteiger partial charge in [0.15, 0.2) is 0 Å². The molecular formula is C13H10F3NO2. The molecule has 0 amide bonds. The van der Waals surface area contributed by atoms with Crippen LogP contribution in [-0.2, 0) is 0 Å². The van der Waals surface area contributed by atoms with Crippen molar-refractivity contribution >= 4 is 0 Å². The lowest BCUT2D eigenvalue weighted by atomic mass is 10.1. The van der Waals surface area contributed by atoms with Gasteiger partial charge in [-0.15, -0.1) is 13.2 Å². The van der Waals surface area contributed by atoms with Crippen LogP contribution < -0.4 is 9.47 Å². The number of hydrogen-bond donors (Lipinski definition) is 0. The maximum absolute atomic E-state index is 12.3. The molecule has 0 spiro atoms. The monoisotopic (exact) mass is 269 g/mol. The number of para-hydroxylation sites is 1. The molecule has 0 bridgehead atoms. The molecule has 1 heterocycles. The van der Waals surface area contributed by atoms with Gasteiger partial charge in [0.1, 0.15) is 11.5 Å². The van der Waals surface area contributed by atoms with Crippen LogP contribution in [0.5, 0.6) is 11.5 Å². The van der Waals surface area contributed by atoms with Crippen LogP contribution in [0.15, 0.2) is 42.6 Å². The lowest BCUT2D eigenvalue weighted by molar-refractivity contribution is -0.274. The van der Waals surface area contributed by atoms with Crippen molar-refractivity contribution in [3.05, 3.63) is 42.6 Å². The third-order valence-electron chi connectivity index (χ3n) is 2.36. The molecule has 0 atom stereocenters. The Kier molecular flexibility index (Phi) is 3.59. The van der Waals surface area contributed by atoms with Crippen molar-refractivity contribution in [3.8, 4) is 22.8 Å². The number of pyridine rings is 1. The van der Waals surface area contributed by atoms with Gasteiger partial charge < -0.3 is 9.47 Å². The molecule has 0 aliphatic rings. The molecule has 6 heteroatoms. The SMILES string of the molecule is COc1ccnc(-c2ccccc2OC(F)(F)F)c1. The zero-order chi connectivity index (χ0) is 13.9. The predicted molar refractivity (Wildman–Crippen MR) is 62.9 cm³/mol. The largest absolute Gasteiger partial charge is 0.573 e. The zero-order valence-electron chi connectivity index (χ0n) is 9.94. The number of alkyl halides is 3. The molecule has 0 aliphatic heterocycles. The van der Waals surface area contributed by atoms with Crippen LogP contribution in [0.2, 0.25) is 0 Å². The highest BCUT2D eigenvalue weighted by molar-refractivity contribution is 5.68. The summed E-state index contributed by atoms with van der Waals surface area (Å²) < 4.78 is 45.9. The van der Waals surface area contributed by atoms with E-state index in [0.29, 0.717) is 11.4 Å². The molecule has 1 aromatic heterocycles. The second kappa shape index (κ2) is 5.17. The van der Waals surface area contributed by atoms with Gasteiger partial charge in [-0.3, -0.25) is 4.98 Å². The molecule has 2 rings (SSSR count). The van der Waals surface area contributed by atoms with Gasteiger partial charge in [-0.2, -0.15) is 0 Å². The van der Waals surface area contributed by atoms with Gasteiger partial charge in [-0.05, 0) is 18.2 Å². The maximum atomic E-state index is 12.3. The minimum atomic E-state index is -4.74. The first-order valence-electron chi connectivity index (χ1n) is 5.35. The summed E-state index contributed by atoms with van der Waals surface area (Å²) in [4.78, 5) is 4.02. The number of halogens is 3. The molecule has 0 fully saturated rings. The first kappa shape index (κ1) is 13.2. The van der Waals surface area contributed by atoms with Crippen molar-refractivity contribution in [1.29, 1.82) is 0 Å². The van der Waals surface area contributed by atoms with Crippen LogP contribution in [0.4, 0.5) is 13.2 Å². The normalized spacial score (nSPS) is 11.2. The van der Waals surface area contributed by atoms with Crippen molar-refractivity contribution in [2.75, 3.05) is 7.11 Å². The summed E-state index contributed by atoms with van der Waals surface area (Å²) in [5.74, 6) is 0.211. The van der Waals surface area contributed by atoms with Gasteiger partial charge in [-0.1, -0.05) is 12.1 Å². The Labute approximate surface area is 107 Å². The van der Waals surface area contributed by atoms with Gasteiger partial charge in [0.05, 0.1) is 12.8 Å². The molecule has 0 unspecified atom stereocenters. The van der Waals surface area contributed by atoms with Gasteiger partial charge in [-0.25, -0.2) is 0 Å². The number of ether oxygens (including phenoxy) is 2. The van der Waals surface area contributed by atoms with Crippen LogP contribution >= 0.6 is 0 Å². The van der Waals surface area contributed by atoms with E-state index in [-0.39, 0.29) is 11.3 Å². The molecule has 2 aromatic rings. The highest BCUT2D eigenvalue weighted by Crippen LogP contribution is 2.33. The van der Waals surface area contributed by atoms with Crippen LogP contribution in [0, 0.1) is 0 Å². The molecule has 1 aromatic carbocycles. The molecule has 100 valence electrons. The fourth-order valence-electron chi connectivity index (χ4n) is 1.58. The number of hydrogen-bond acceptors (Lipinski definition) is 3. The van der Waals surface area contributed by atoms with Gasteiger partial charge >= 0.3 is 6.36 Å². The Bertz CT molecular complexity index is 570. The summed E-state index contributed by atoms with van der Waals surface area (Å²) in [6, 6.07) is 8.96. The van der Waals surface area contributed by atoms with E-state index in [1.165, 1.54) is 31.5 Å². The van der Waals surface area contributed by atoms with Crippen molar-refractivity contribution in [2.45, 2.75) is 6.36 Å². The van der Waals surface area contributed by atoms with Crippen LogP contribution in [0.3, 0.4) is 0 Å².